The van der Waals surface area contributed by atoms with Gasteiger partial charge in [-0.3, -0.25) is 4.79 Å². The lowest BCUT2D eigenvalue weighted by Gasteiger charge is -2.06. The third kappa shape index (κ3) is 3.67. The molecule has 0 atom stereocenters. The highest BCUT2D eigenvalue weighted by molar-refractivity contribution is 5.92. The Hall–Kier alpha value is -1.42. The van der Waals surface area contributed by atoms with E-state index in [1.807, 2.05) is 6.92 Å². The molecule has 3 nitrogen and oxygen atoms in total. The van der Waals surface area contributed by atoms with Crippen molar-refractivity contribution in [2.75, 3.05) is 18.4 Å². The second-order valence-electron chi connectivity index (χ2n) is 3.29. The van der Waals surface area contributed by atoms with Gasteiger partial charge in [-0.05, 0) is 31.2 Å². The van der Waals surface area contributed by atoms with E-state index in [4.69, 9.17) is 0 Å². The molecule has 1 aromatic carbocycles. The van der Waals surface area contributed by atoms with Crippen LogP contribution in [0.4, 0.5) is 10.1 Å². The van der Waals surface area contributed by atoms with Gasteiger partial charge in [0.1, 0.15) is 5.82 Å². The zero-order chi connectivity index (χ0) is 11.3. The van der Waals surface area contributed by atoms with Crippen LogP contribution in [0.3, 0.4) is 0 Å². The van der Waals surface area contributed by atoms with E-state index in [0.29, 0.717) is 11.3 Å². The maximum absolute atomic E-state index is 13.1. The average Bonchev–Trinajstić information content (AvgIpc) is 2.20. The highest BCUT2D eigenvalue weighted by Gasteiger charge is 2.03. The number of carbonyl (C=O) groups is 1. The topological polar surface area (TPSA) is 41.1 Å². The zero-order valence-electron chi connectivity index (χ0n) is 8.93. The molecule has 0 radical (unpaired) electrons. The van der Waals surface area contributed by atoms with Crippen molar-refractivity contribution >= 4 is 11.6 Å². The fourth-order valence-electron chi connectivity index (χ4n) is 1.11. The number of likely N-dealkylation sites (N-methyl/N-ethyl adjacent to an activating group) is 1. The molecule has 0 heterocycles. The zero-order valence-corrected chi connectivity index (χ0v) is 8.93. The summed E-state index contributed by atoms with van der Waals surface area (Å²) in [4.78, 5) is 11.3. The van der Waals surface area contributed by atoms with Crippen LogP contribution in [-0.2, 0) is 4.79 Å². The van der Waals surface area contributed by atoms with E-state index in [0.717, 1.165) is 6.54 Å². The molecule has 0 saturated heterocycles. The molecule has 0 aliphatic carbocycles. The molecular formula is C11H15FN2O. The SMILES string of the molecule is CCNCC(=O)Nc1ccc(C)c(F)c1. The summed E-state index contributed by atoms with van der Waals surface area (Å²) in [5.74, 6) is -0.476. The van der Waals surface area contributed by atoms with Crippen LogP contribution in [-0.4, -0.2) is 19.0 Å². The standard InChI is InChI=1S/C11H15FN2O/c1-3-13-7-11(15)14-9-5-4-8(2)10(12)6-9/h4-6,13H,3,7H2,1-2H3,(H,14,15). The number of nitrogens with one attached hydrogen (secondary N) is 2. The first-order valence-electron chi connectivity index (χ1n) is 4.90. The van der Waals surface area contributed by atoms with E-state index >= 15 is 0 Å². The Bertz CT molecular complexity index is 352. The Morgan fingerprint density at radius 2 is 2.20 bits per heavy atom. The van der Waals surface area contributed by atoms with Gasteiger partial charge in [0.2, 0.25) is 5.91 Å². The summed E-state index contributed by atoms with van der Waals surface area (Å²) in [6.45, 7) is 4.57. The van der Waals surface area contributed by atoms with Gasteiger partial charge < -0.3 is 10.6 Å². The van der Waals surface area contributed by atoms with E-state index in [2.05, 4.69) is 10.6 Å². The van der Waals surface area contributed by atoms with Crippen molar-refractivity contribution in [3.8, 4) is 0 Å². The summed E-state index contributed by atoms with van der Waals surface area (Å²) < 4.78 is 13.1. The second kappa shape index (κ2) is 5.46. The van der Waals surface area contributed by atoms with Crippen molar-refractivity contribution in [1.29, 1.82) is 0 Å². The molecule has 4 heteroatoms. The van der Waals surface area contributed by atoms with Gasteiger partial charge in [-0.25, -0.2) is 4.39 Å². The number of aryl methyl sites for hydroxylation is 1. The Balaban J connectivity index is 2.57. The van der Waals surface area contributed by atoms with Crippen molar-refractivity contribution in [2.24, 2.45) is 0 Å². The summed E-state index contributed by atoms with van der Waals surface area (Å²) >= 11 is 0. The number of halogens is 1. The molecule has 0 unspecified atom stereocenters. The fourth-order valence-corrected chi connectivity index (χ4v) is 1.11. The molecule has 0 saturated carbocycles. The molecule has 0 aliphatic rings. The Morgan fingerprint density at radius 1 is 1.47 bits per heavy atom. The monoisotopic (exact) mass is 210 g/mol. The van der Waals surface area contributed by atoms with E-state index in [-0.39, 0.29) is 18.3 Å². The predicted octanol–water partition coefficient (Wildman–Crippen LogP) is 1.68. The van der Waals surface area contributed by atoms with Gasteiger partial charge in [-0.1, -0.05) is 13.0 Å². The van der Waals surface area contributed by atoms with Crippen LogP contribution in [0.5, 0.6) is 0 Å². The lowest BCUT2D eigenvalue weighted by molar-refractivity contribution is -0.115. The Morgan fingerprint density at radius 3 is 2.80 bits per heavy atom. The van der Waals surface area contributed by atoms with Gasteiger partial charge in [-0.15, -0.1) is 0 Å². The number of carbonyl (C=O) groups excluding carboxylic acids is 1. The van der Waals surface area contributed by atoms with Gasteiger partial charge in [0.15, 0.2) is 0 Å². The van der Waals surface area contributed by atoms with E-state index in [1.54, 1.807) is 19.1 Å². The van der Waals surface area contributed by atoms with Crippen molar-refractivity contribution in [2.45, 2.75) is 13.8 Å². The highest BCUT2D eigenvalue weighted by Crippen LogP contribution is 2.13. The molecule has 1 aromatic rings. The normalized spacial score (nSPS) is 10.1. The fraction of sp³-hybridized carbons (Fsp3) is 0.364. The summed E-state index contributed by atoms with van der Waals surface area (Å²) in [5, 5.41) is 5.49. The molecular weight excluding hydrogens is 195 g/mol. The number of hydrogen-bond acceptors (Lipinski definition) is 2. The van der Waals surface area contributed by atoms with Gasteiger partial charge in [0.05, 0.1) is 6.54 Å². The second-order valence-corrected chi connectivity index (χ2v) is 3.29. The Labute approximate surface area is 88.7 Å². The van der Waals surface area contributed by atoms with E-state index < -0.39 is 0 Å². The lowest BCUT2D eigenvalue weighted by Crippen LogP contribution is -2.27. The van der Waals surface area contributed by atoms with Crippen molar-refractivity contribution in [3.63, 3.8) is 0 Å². The van der Waals surface area contributed by atoms with Gasteiger partial charge >= 0.3 is 0 Å². The van der Waals surface area contributed by atoms with Crippen LogP contribution < -0.4 is 10.6 Å². The minimum Gasteiger partial charge on any atom is -0.325 e. The third-order valence-corrected chi connectivity index (χ3v) is 1.99. The quantitative estimate of drug-likeness (QED) is 0.794. The van der Waals surface area contributed by atoms with Crippen LogP contribution in [0.1, 0.15) is 12.5 Å². The first-order chi connectivity index (χ1) is 7.13. The number of benzene rings is 1. The summed E-state index contributed by atoms with van der Waals surface area (Å²) in [6, 6.07) is 4.64. The summed E-state index contributed by atoms with van der Waals surface area (Å²) in [5.41, 5.74) is 1.06. The van der Waals surface area contributed by atoms with Crippen molar-refractivity contribution in [1.82, 2.24) is 5.32 Å². The first kappa shape index (κ1) is 11.7. The van der Waals surface area contributed by atoms with Crippen LogP contribution in [0.15, 0.2) is 18.2 Å². The van der Waals surface area contributed by atoms with E-state index in [9.17, 15) is 9.18 Å². The molecule has 1 rings (SSSR count). The molecule has 0 aliphatic heterocycles. The number of rotatable bonds is 4. The molecule has 0 bridgehead atoms. The molecule has 1 amide bonds. The molecule has 82 valence electrons. The molecule has 2 N–H and O–H groups in total. The van der Waals surface area contributed by atoms with Crippen LogP contribution in [0.25, 0.3) is 0 Å². The number of hydrogen-bond donors (Lipinski definition) is 2. The minimum absolute atomic E-state index is 0.167. The van der Waals surface area contributed by atoms with Crippen LogP contribution >= 0.6 is 0 Å². The van der Waals surface area contributed by atoms with Gasteiger partial charge in [-0.2, -0.15) is 0 Å². The van der Waals surface area contributed by atoms with Gasteiger partial charge in [0, 0.05) is 5.69 Å². The predicted molar refractivity (Wildman–Crippen MR) is 58.3 cm³/mol. The highest BCUT2D eigenvalue weighted by atomic mass is 19.1. The smallest absolute Gasteiger partial charge is 0.238 e. The van der Waals surface area contributed by atoms with Crippen molar-refractivity contribution in [3.05, 3.63) is 29.6 Å². The molecule has 0 fully saturated rings. The number of amides is 1. The average molecular weight is 210 g/mol. The van der Waals surface area contributed by atoms with Crippen LogP contribution in [0.2, 0.25) is 0 Å². The molecule has 15 heavy (non-hydrogen) atoms. The van der Waals surface area contributed by atoms with Crippen molar-refractivity contribution < 1.29 is 9.18 Å². The third-order valence-electron chi connectivity index (χ3n) is 1.99. The largest absolute Gasteiger partial charge is 0.325 e. The maximum Gasteiger partial charge on any atom is 0.238 e. The minimum atomic E-state index is -0.309. The van der Waals surface area contributed by atoms with Gasteiger partial charge in [0.25, 0.3) is 0 Å². The molecule has 0 spiro atoms. The number of anilines is 1. The maximum atomic E-state index is 13.1. The van der Waals surface area contributed by atoms with Crippen LogP contribution in [0, 0.1) is 12.7 Å². The van der Waals surface area contributed by atoms with E-state index in [1.165, 1.54) is 6.07 Å². The summed E-state index contributed by atoms with van der Waals surface area (Å²) in [7, 11) is 0. The molecule has 0 aromatic heterocycles. The summed E-state index contributed by atoms with van der Waals surface area (Å²) in [6.07, 6.45) is 0. The Kier molecular flexibility index (Phi) is 4.24. The lowest BCUT2D eigenvalue weighted by atomic mass is 10.2. The first-order valence-corrected chi connectivity index (χ1v) is 4.90.